The first-order chi connectivity index (χ1) is 8.22. The number of ether oxygens (including phenoxy) is 1. The standard InChI is InChI=1S/C13H14FNO2/c1-2-8-15-13(16)7-4-9-17-12-6-3-5-11(14)10-12/h1,3,5-6,10H,4,7-9H2,(H,15,16). The maximum Gasteiger partial charge on any atom is 0.220 e. The number of nitrogens with one attached hydrogen (secondary N) is 1. The lowest BCUT2D eigenvalue weighted by atomic mass is 10.3. The average molecular weight is 235 g/mol. The van der Waals surface area contributed by atoms with Gasteiger partial charge >= 0.3 is 0 Å². The zero-order chi connectivity index (χ0) is 12.5. The monoisotopic (exact) mass is 235 g/mol. The number of halogens is 1. The van der Waals surface area contributed by atoms with Gasteiger partial charge in [0.15, 0.2) is 0 Å². The Hall–Kier alpha value is -2.02. The molecular weight excluding hydrogens is 221 g/mol. The molecule has 0 fully saturated rings. The van der Waals surface area contributed by atoms with Crippen molar-refractivity contribution >= 4 is 5.91 Å². The maximum absolute atomic E-state index is 12.8. The van der Waals surface area contributed by atoms with Gasteiger partial charge < -0.3 is 10.1 Å². The van der Waals surface area contributed by atoms with Crippen LogP contribution in [0.4, 0.5) is 4.39 Å². The van der Waals surface area contributed by atoms with E-state index in [0.717, 1.165) is 0 Å². The zero-order valence-corrected chi connectivity index (χ0v) is 9.41. The van der Waals surface area contributed by atoms with Crippen molar-refractivity contribution in [2.45, 2.75) is 12.8 Å². The molecule has 1 rings (SSSR count). The van der Waals surface area contributed by atoms with Crippen LogP contribution >= 0.6 is 0 Å². The summed E-state index contributed by atoms with van der Waals surface area (Å²) < 4.78 is 18.1. The molecule has 1 amide bonds. The van der Waals surface area contributed by atoms with Crippen LogP contribution in [0.2, 0.25) is 0 Å². The van der Waals surface area contributed by atoms with E-state index < -0.39 is 0 Å². The largest absolute Gasteiger partial charge is 0.493 e. The fourth-order valence-corrected chi connectivity index (χ4v) is 1.22. The lowest BCUT2D eigenvalue weighted by molar-refractivity contribution is -0.121. The summed E-state index contributed by atoms with van der Waals surface area (Å²) in [6.07, 6.45) is 5.90. The summed E-state index contributed by atoms with van der Waals surface area (Å²) >= 11 is 0. The number of hydrogen-bond donors (Lipinski definition) is 1. The molecule has 3 nitrogen and oxygen atoms in total. The second kappa shape index (κ2) is 7.29. The van der Waals surface area contributed by atoms with Crippen LogP contribution in [0.15, 0.2) is 24.3 Å². The number of amides is 1. The van der Waals surface area contributed by atoms with Crippen LogP contribution in [0, 0.1) is 18.2 Å². The van der Waals surface area contributed by atoms with Crippen molar-refractivity contribution in [3.63, 3.8) is 0 Å². The number of carbonyl (C=O) groups excluding carboxylic acids is 1. The molecule has 0 saturated heterocycles. The Morgan fingerprint density at radius 2 is 2.35 bits per heavy atom. The van der Waals surface area contributed by atoms with Gasteiger partial charge in [-0.25, -0.2) is 4.39 Å². The van der Waals surface area contributed by atoms with Crippen LogP contribution in [0.1, 0.15) is 12.8 Å². The Morgan fingerprint density at radius 3 is 3.06 bits per heavy atom. The highest BCUT2D eigenvalue weighted by atomic mass is 19.1. The topological polar surface area (TPSA) is 38.3 Å². The smallest absolute Gasteiger partial charge is 0.220 e. The summed E-state index contributed by atoms with van der Waals surface area (Å²) in [4.78, 5) is 11.1. The third-order valence-corrected chi connectivity index (χ3v) is 2.00. The van der Waals surface area contributed by atoms with Crippen molar-refractivity contribution in [1.29, 1.82) is 0 Å². The summed E-state index contributed by atoms with van der Waals surface area (Å²) in [5.74, 6) is 2.34. The highest BCUT2D eigenvalue weighted by Gasteiger charge is 2.00. The Morgan fingerprint density at radius 1 is 1.53 bits per heavy atom. The van der Waals surface area contributed by atoms with Gasteiger partial charge in [0.1, 0.15) is 11.6 Å². The number of rotatable bonds is 6. The summed E-state index contributed by atoms with van der Waals surface area (Å²) in [6.45, 7) is 0.608. The third kappa shape index (κ3) is 5.57. The summed E-state index contributed by atoms with van der Waals surface area (Å²) in [6, 6.07) is 5.89. The molecule has 0 radical (unpaired) electrons. The third-order valence-electron chi connectivity index (χ3n) is 2.00. The lowest BCUT2D eigenvalue weighted by Crippen LogP contribution is -2.23. The van der Waals surface area contributed by atoms with Crippen LogP contribution < -0.4 is 10.1 Å². The van der Waals surface area contributed by atoms with Gasteiger partial charge in [-0.15, -0.1) is 6.42 Å². The van der Waals surface area contributed by atoms with E-state index in [1.807, 2.05) is 0 Å². The van der Waals surface area contributed by atoms with E-state index in [1.54, 1.807) is 12.1 Å². The fraction of sp³-hybridized carbons (Fsp3) is 0.308. The maximum atomic E-state index is 12.8. The van der Waals surface area contributed by atoms with Gasteiger partial charge in [0.2, 0.25) is 5.91 Å². The minimum absolute atomic E-state index is 0.106. The van der Waals surface area contributed by atoms with Crippen LogP contribution in [-0.2, 0) is 4.79 Å². The molecule has 0 atom stereocenters. The predicted molar refractivity (Wildman–Crippen MR) is 63.0 cm³/mol. The van der Waals surface area contributed by atoms with Gasteiger partial charge in [-0.2, -0.15) is 0 Å². The van der Waals surface area contributed by atoms with E-state index in [2.05, 4.69) is 11.2 Å². The van der Waals surface area contributed by atoms with Crippen LogP contribution in [0.25, 0.3) is 0 Å². The van der Waals surface area contributed by atoms with Crippen molar-refractivity contribution in [3.8, 4) is 18.1 Å². The number of terminal acetylenes is 1. The first-order valence-electron chi connectivity index (χ1n) is 5.31. The molecule has 0 aromatic heterocycles. The molecule has 1 aromatic rings. The molecule has 90 valence electrons. The van der Waals surface area contributed by atoms with Gasteiger partial charge in [-0.3, -0.25) is 4.79 Å². The Kier molecular flexibility index (Phi) is 5.59. The van der Waals surface area contributed by atoms with Crippen LogP contribution in [0.3, 0.4) is 0 Å². The quantitative estimate of drug-likeness (QED) is 0.602. The molecule has 0 bridgehead atoms. The van der Waals surface area contributed by atoms with Gasteiger partial charge in [0.25, 0.3) is 0 Å². The highest BCUT2D eigenvalue weighted by Crippen LogP contribution is 2.12. The van der Waals surface area contributed by atoms with E-state index >= 15 is 0 Å². The number of carbonyl (C=O) groups is 1. The molecule has 0 unspecified atom stereocenters. The molecule has 0 aliphatic rings. The predicted octanol–water partition coefficient (Wildman–Crippen LogP) is 1.73. The molecule has 0 aliphatic heterocycles. The molecule has 0 spiro atoms. The van der Waals surface area contributed by atoms with Gasteiger partial charge in [0.05, 0.1) is 13.2 Å². The average Bonchev–Trinajstić information content (AvgIpc) is 2.32. The SMILES string of the molecule is C#CCNC(=O)CCCOc1cccc(F)c1. The number of hydrogen-bond acceptors (Lipinski definition) is 2. The number of benzene rings is 1. The second-order valence-corrected chi connectivity index (χ2v) is 3.39. The van der Waals surface area contributed by atoms with Crippen LogP contribution in [0.5, 0.6) is 5.75 Å². The molecule has 17 heavy (non-hydrogen) atoms. The summed E-state index contributed by atoms with van der Waals surface area (Å²) in [5, 5.41) is 2.55. The first-order valence-corrected chi connectivity index (χ1v) is 5.31. The van der Waals surface area contributed by atoms with Crippen molar-refractivity contribution < 1.29 is 13.9 Å². The molecule has 0 heterocycles. The normalized spacial score (nSPS) is 9.41. The van der Waals surface area contributed by atoms with E-state index in [0.29, 0.717) is 25.2 Å². The van der Waals surface area contributed by atoms with Crippen molar-refractivity contribution in [2.75, 3.05) is 13.2 Å². The van der Waals surface area contributed by atoms with Gasteiger partial charge in [-0.1, -0.05) is 12.0 Å². The van der Waals surface area contributed by atoms with Crippen molar-refractivity contribution in [1.82, 2.24) is 5.32 Å². The molecule has 1 N–H and O–H groups in total. The van der Waals surface area contributed by atoms with E-state index in [-0.39, 0.29) is 18.3 Å². The molecule has 1 aromatic carbocycles. The van der Waals surface area contributed by atoms with Gasteiger partial charge in [0, 0.05) is 12.5 Å². The summed E-state index contributed by atoms with van der Waals surface area (Å²) in [7, 11) is 0. The second-order valence-electron chi connectivity index (χ2n) is 3.39. The van der Waals surface area contributed by atoms with Crippen LogP contribution in [-0.4, -0.2) is 19.1 Å². The van der Waals surface area contributed by atoms with Gasteiger partial charge in [-0.05, 0) is 18.6 Å². The zero-order valence-electron chi connectivity index (χ0n) is 9.41. The van der Waals surface area contributed by atoms with E-state index in [1.165, 1.54) is 12.1 Å². The Bertz CT molecular complexity index is 412. The summed E-state index contributed by atoms with van der Waals surface area (Å²) in [5.41, 5.74) is 0. The van der Waals surface area contributed by atoms with Crippen molar-refractivity contribution in [2.24, 2.45) is 0 Å². The minimum Gasteiger partial charge on any atom is -0.493 e. The minimum atomic E-state index is -0.339. The first kappa shape index (κ1) is 13.0. The molecule has 0 aliphatic carbocycles. The fourth-order valence-electron chi connectivity index (χ4n) is 1.22. The van der Waals surface area contributed by atoms with E-state index in [4.69, 9.17) is 11.2 Å². The van der Waals surface area contributed by atoms with E-state index in [9.17, 15) is 9.18 Å². The highest BCUT2D eigenvalue weighted by molar-refractivity contribution is 5.76. The molecule has 0 saturated carbocycles. The van der Waals surface area contributed by atoms with Crippen molar-refractivity contribution in [3.05, 3.63) is 30.1 Å². The Labute approximate surface area is 100.0 Å². The molecular formula is C13H14FNO2. The Balaban J connectivity index is 2.16. The lowest BCUT2D eigenvalue weighted by Gasteiger charge is -2.05. The molecule has 4 heteroatoms.